The van der Waals surface area contributed by atoms with Gasteiger partial charge in [-0.25, -0.2) is 0 Å². The van der Waals surface area contributed by atoms with Crippen molar-refractivity contribution in [3.8, 4) is 0 Å². The van der Waals surface area contributed by atoms with Gasteiger partial charge in [0, 0.05) is 19.8 Å². The van der Waals surface area contributed by atoms with Crippen molar-refractivity contribution in [1.82, 2.24) is 10.6 Å². The first-order valence-corrected chi connectivity index (χ1v) is 9.13. The van der Waals surface area contributed by atoms with Gasteiger partial charge in [-0.3, -0.25) is 14.4 Å². The third-order valence-corrected chi connectivity index (χ3v) is 4.33. The summed E-state index contributed by atoms with van der Waals surface area (Å²) >= 11 is 0. The smallest absolute Gasteiger partial charge is 0.368 e. The Morgan fingerprint density at radius 2 is 1.50 bits per heavy atom. The lowest BCUT2D eigenvalue weighted by Crippen LogP contribution is -2.54. The second-order valence-electron chi connectivity index (χ2n) is 6.81. The predicted octanol–water partition coefficient (Wildman–Crippen LogP) is 1.97. The van der Waals surface area contributed by atoms with Crippen molar-refractivity contribution in [3.05, 3.63) is 71.3 Å². The Morgan fingerprint density at radius 1 is 0.900 bits per heavy atom. The van der Waals surface area contributed by atoms with Gasteiger partial charge in [-0.1, -0.05) is 48.5 Å². The summed E-state index contributed by atoms with van der Waals surface area (Å²) in [6, 6.07) is 11.1. The monoisotopic (exact) mass is 421 g/mol. The van der Waals surface area contributed by atoms with Crippen LogP contribution in [0.15, 0.2) is 54.6 Å². The van der Waals surface area contributed by atoms with Gasteiger partial charge in [0.15, 0.2) is 0 Å². The van der Waals surface area contributed by atoms with Gasteiger partial charge in [-0.2, -0.15) is 13.2 Å². The summed E-state index contributed by atoms with van der Waals surface area (Å²) in [5, 5.41) is 4.95. The van der Waals surface area contributed by atoms with E-state index in [0.717, 1.165) is 17.7 Å². The van der Waals surface area contributed by atoms with Gasteiger partial charge in [0.1, 0.15) is 12.1 Å². The van der Waals surface area contributed by atoms with Crippen LogP contribution in [0.2, 0.25) is 0 Å². The summed E-state index contributed by atoms with van der Waals surface area (Å²) < 4.78 is 38.7. The minimum absolute atomic E-state index is 0.168. The number of carbonyl (C=O) groups excluding carboxylic acids is 3. The highest BCUT2D eigenvalue weighted by molar-refractivity contribution is 5.91. The third-order valence-electron chi connectivity index (χ3n) is 4.33. The zero-order valence-corrected chi connectivity index (χ0v) is 16.2. The van der Waals surface area contributed by atoms with Crippen LogP contribution in [-0.4, -0.2) is 29.8 Å². The number of carbonyl (C=O) groups is 3. The summed E-state index contributed by atoms with van der Waals surface area (Å²) in [4.78, 5) is 36.0. The molecule has 0 unspecified atom stereocenters. The summed E-state index contributed by atoms with van der Waals surface area (Å²) in [7, 11) is 0. The molecule has 6 nitrogen and oxygen atoms in total. The van der Waals surface area contributed by atoms with E-state index in [-0.39, 0.29) is 18.4 Å². The van der Waals surface area contributed by atoms with Gasteiger partial charge in [-0.05, 0) is 17.2 Å². The van der Waals surface area contributed by atoms with Crippen LogP contribution in [0.3, 0.4) is 0 Å². The van der Waals surface area contributed by atoms with Gasteiger partial charge in [-0.15, -0.1) is 0 Å². The zero-order valence-electron chi connectivity index (χ0n) is 16.2. The molecule has 9 heteroatoms. The van der Waals surface area contributed by atoms with E-state index in [4.69, 9.17) is 5.73 Å². The number of halogens is 3. The molecule has 0 heterocycles. The number of primary amides is 1. The molecule has 2 rings (SSSR count). The summed E-state index contributed by atoms with van der Waals surface area (Å²) in [6.45, 7) is 1.25. The second-order valence-corrected chi connectivity index (χ2v) is 6.81. The number of rotatable bonds is 8. The fraction of sp³-hybridized carbons (Fsp3) is 0.286. The van der Waals surface area contributed by atoms with Gasteiger partial charge < -0.3 is 16.4 Å². The van der Waals surface area contributed by atoms with Gasteiger partial charge in [0.25, 0.3) is 0 Å². The van der Waals surface area contributed by atoms with E-state index in [1.807, 2.05) is 0 Å². The molecule has 0 fully saturated rings. The van der Waals surface area contributed by atoms with E-state index < -0.39 is 41.5 Å². The highest BCUT2D eigenvalue weighted by atomic mass is 19.4. The maximum atomic E-state index is 12.9. The van der Waals surface area contributed by atoms with E-state index in [0.29, 0.717) is 0 Å². The molecule has 2 aromatic rings. The van der Waals surface area contributed by atoms with Crippen LogP contribution in [0.5, 0.6) is 0 Å². The van der Waals surface area contributed by atoms with Crippen LogP contribution >= 0.6 is 0 Å². The molecule has 0 bridgehead atoms. The number of nitrogens with one attached hydrogen (secondary N) is 2. The first-order valence-electron chi connectivity index (χ1n) is 9.13. The molecule has 0 aliphatic carbocycles. The van der Waals surface area contributed by atoms with Crippen LogP contribution in [0.25, 0.3) is 0 Å². The molecule has 0 aliphatic heterocycles. The Bertz CT molecular complexity index is 901. The first kappa shape index (κ1) is 22.9. The Morgan fingerprint density at radius 3 is 2.07 bits per heavy atom. The average molecular weight is 421 g/mol. The molecule has 0 saturated heterocycles. The summed E-state index contributed by atoms with van der Waals surface area (Å²) in [6.07, 6.45) is -4.59. The lowest BCUT2D eigenvalue weighted by atomic mass is 10.0. The highest BCUT2D eigenvalue weighted by Crippen LogP contribution is 2.29. The molecule has 0 saturated carbocycles. The highest BCUT2D eigenvalue weighted by Gasteiger charge is 2.31. The van der Waals surface area contributed by atoms with Crippen LogP contribution in [0.4, 0.5) is 13.2 Å². The normalized spacial score (nSPS) is 13.2. The largest absolute Gasteiger partial charge is 0.416 e. The van der Waals surface area contributed by atoms with Gasteiger partial charge in [0.2, 0.25) is 17.7 Å². The lowest BCUT2D eigenvalue weighted by Gasteiger charge is -2.22. The Kier molecular flexibility index (Phi) is 7.57. The standard InChI is InChI=1S/C21H22F3N3O3/c1-13(28)26-18(11-14-6-3-2-4-7-14)20(30)27-17(19(25)29)12-15-8-5-9-16(10-15)21(22,23)24/h2-10,17-18H,11-12H2,1H3,(H2,25,29)(H,26,28)(H,27,30)/t17-,18+/m1/s1. The van der Waals surface area contributed by atoms with E-state index in [9.17, 15) is 27.6 Å². The lowest BCUT2D eigenvalue weighted by molar-refractivity contribution is -0.137. The molecule has 2 aromatic carbocycles. The fourth-order valence-electron chi connectivity index (χ4n) is 2.91. The van der Waals surface area contributed by atoms with E-state index in [2.05, 4.69) is 10.6 Å². The SMILES string of the molecule is CC(=O)N[C@@H](Cc1ccccc1)C(=O)N[C@H](Cc1cccc(C(F)(F)F)c1)C(N)=O. The molecular weight excluding hydrogens is 399 g/mol. The zero-order chi connectivity index (χ0) is 22.3. The topological polar surface area (TPSA) is 101 Å². The van der Waals surface area contributed by atoms with E-state index >= 15 is 0 Å². The van der Waals surface area contributed by atoms with E-state index in [1.54, 1.807) is 30.3 Å². The molecule has 30 heavy (non-hydrogen) atoms. The maximum Gasteiger partial charge on any atom is 0.416 e. The Labute approximate surface area is 171 Å². The summed E-state index contributed by atoms with van der Waals surface area (Å²) in [5.74, 6) is -2.01. The van der Waals surface area contributed by atoms with Gasteiger partial charge >= 0.3 is 6.18 Å². The second kappa shape index (κ2) is 9.91. The minimum atomic E-state index is -4.53. The molecule has 3 amide bonds. The number of hydrogen-bond acceptors (Lipinski definition) is 3. The Hall–Kier alpha value is -3.36. The number of nitrogens with two attached hydrogens (primary N) is 1. The molecule has 0 aromatic heterocycles. The number of alkyl halides is 3. The molecule has 2 atom stereocenters. The first-order chi connectivity index (χ1) is 14.1. The molecule has 160 valence electrons. The third kappa shape index (κ3) is 6.91. The predicted molar refractivity (Wildman–Crippen MR) is 104 cm³/mol. The quantitative estimate of drug-likeness (QED) is 0.607. The van der Waals surface area contributed by atoms with Gasteiger partial charge in [0.05, 0.1) is 5.56 Å². The molecule has 0 aliphatic rings. The molecular formula is C21H22F3N3O3. The minimum Gasteiger partial charge on any atom is -0.368 e. The van der Waals surface area contributed by atoms with Crippen LogP contribution < -0.4 is 16.4 Å². The van der Waals surface area contributed by atoms with Crippen LogP contribution in [0.1, 0.15) is 23.6 Å². The van der Waals surface area contributed by atoms with Crippen molar-refractivity contribution in [3.63, 3.8) is 0 Å². The van der Waals surface area contributed by atoms with Crippen molar-refractivity contribution in [1.29, 1.82) is 0 Å². The summed E-state index contributed by atoms with van der Waals surface area (Å²) in [5.41, 5.74) is 5.45. The van der Waals surface area contributed by atoms with Crippen LogP contribution in [0, 0.1) is 0 Å². The average Bonchev–Trinajstić information content (AvgIpc) is 2.67. The Balaban J connectivity index is 2.16. The number of hydrogen-bond donors (Lipinski definition) is 3. The number of amides is 3. The van der Waals surface area contributed by atoms with Crippen molar-refractivity contribution >= 4 is 17.7 Å². The molecule has 4 N–H and O–H groups in total. The molecule has 0 spiro atoms. The molecule has 0 radical (unpaired) electrons. The van der Waals surface area contributed by atoms with E-state index in [1.165, 1.54) is 19.1 Å². The maximum absolute atomic E-state index is 12.9. The fourth-order valence-corrected chi connectivity index (χ4v) is 2.91. The number of benzene rings is 2. The van der Waals surface area contributed by atoms with Crippen molar-refractivity contribution in [2.24, 2.45) is 5.73 Å². The van der Waals surface area contributed by atoms with Crippen molar-refractivity contribution < 1.29 is 27.6 Å². The van der Waals surface area contributed by atoms with Crippen LogP contribution in [-0.2, 0) is 33.4 Å². The van der Waals surface area contributed by atoms with Crippen molar-refractivity contribution in [2.75, 3.05) is 0 Å². The van der Waals surface area contributed by atoms with Crippen molar-refractivity contribution in [2.45, 2.75) is 38.0 Å².